The summed E-state index contributed by atoms with van der Waals surface area (Å²) in [6.45, 7) is 1.07. The van der Waals surface area contributed by atoms with Gasteiger partial charge < -0.3 is 49.6 Å². The van der Waals surface area contributed by atoms with E-state index in [1.54, 1.807) is 6.92 Å². The first-order valence-electron chi connectivity index (χ1n) is 9.23. The average molecular weight is 410 g/mol. The van der Waals surface area contributed by atoms with Crippen LogP contribution in [0, 0.1) is 11.8 Å². The van der Waals surface area contributed by atoms with Crippen molar-refractivity contribution >= 4 is 5.97 Å². The van der Waals surface area contributed by atoms with Crippen LogP contribution in [-0.2, 0) is 23.7 Å². The van der Waals surface area contributed by atoms with Gasteiger partial charge in [-0.3, -0.25) is 0 Å². The van der Waals surface area contributed by atoms with Gasteiger partial charge in [0.05, 0.1) is 32.0 Å². The van der Waals surface area contributed by atoms with Gasteiger partial charge in [0.25, 0.3) is 0 Å². The molecule has 2 rings (SSSR count). The van der Waals surface area contributed by atoms with Crippen LogP contribution < -0.4 is 0 Å². The predicted octanol–water partition coefficient (Wildman–Crippen LogP) is -2.70. The van der Waals surface area contributed by atoms with E-state index < -0.39 is 66.8 Å². The van der Waals surface area contributed by atoms with Crippen LogP contribution >= 0.6 is 0 Å². The summed E-state index contributed by atoms with van der Waals surface area (Å²) in [6.07, 6.45) is -9.65. The molecule has 0 bridgehead atoms. The zero-order valence-corrected chi connectivity index (χ0v) is 15.8. The van der Waals surface area contributed by atoms with Gasteiger partial charge >= 0.3 is 5.97 Å². The molecule has 0 aromatic heterocycles. The molecule has 28 heavy (non-hydrogen) atoms. The van der Waals surface area contributed by atoms with Crippen LogP contribution in [0.2, 0.25) is 0 Å². The smallest absolute Gasteiger partial charge is 0.333 e. The quantitative estimate of drug-likeness (QED) is 0.246. The van der Waals surface area contributed by atoms with Crippen LogP contribution in [0.1, 0.15) is 13.3 Å². The van der Waals surface area contributed by atoms with Crippen LogP contribution in [0.15, 0.2) is 0 Å². The Labute approximate surface area is 162 Å². The molecule has 6 N–H and O–H groups in total. The summed E-state index contributed by atoms with van der Waals surface area (Å²) in [5, 5.41) is 59.9. The van der Waals surface area contributed by atoms with E-state index in [0.29, 0.717) is 6.42 Å². The number of hydrogen-bond acceptors (Lipinski definition) is 10. The number of aliphatic carboxylic acids is 1. The molecule has 11 nitrogen and oxygen atoms in total. The molecule has 164 valence electrons. The van der Waals surface area contributed by atoms with Crippen molar-refractivity contribution in [1.29, 1.82) is 0 Å². The molecule has 2 saturated heterocycles. The van der Waals surface area contributed by atoms with Crippen molar-refractivity contribution in [3.63, 3.8) is 0 Å². The molecule has 0 radical (unpaired) electrons. The van der Waals surface area contributed by atoms with Crippen LogP contribution in [-0.4, -0.2) is 113 Å². The third-order valence-corrected chi connectivity index (χ3v) is 5.37. The fourth-order valence-corrected chi connectivity index (χ4v) is 3.66. The SMILES string of the molecule is CCC1C(O)OC(COCC2C(C(=O)O)OC(COC)C(O)C2O)C(O)C1O. The fourth-order valence-electron chi connectivity index (χ4n) is 3.66. The van der Waals surface area contributed by atoms with Crippen molar-refractivity contribution in [2.75, 3.05) is 26.9 Å². The molecule has 0 saturated carbocycles. The zero-order chi connectivity index (χ0) is 21.0. The van der Waals surface area contributed by atoms with Gasteiger partial charge in [-0.2, -0.15) is 0 Å². The summed E-state index contributed by atoms with van der Waals surface area (Å²) < 4.78 is 20.9. The summed E-state index contributed by atoms with van der Waals surface area (Å²) in [7, 11) is 1.36. The normalized spacial score (nSPS) is 44.4. The Morgan fingerprint density at radius 1 is 0.857 bits per heavy atom. The Balaban J connectivity index is 1.96. The van der Waals surface area contributed by atoms with E-state index in [2.05, 4.69) is 0 Å². The van der Waals surface area contributed by atoms with Gasteiger partial charge in [0.1, 0.15) is 24.4 Å². The molecule has 2 heterocycles. The van der Waals surface area contributed by atoms with Crippen LogP contribution in [0.3, 0.4) is 0 Å². The Morgan fingerprint density at radius 3 is 1.96 bits per heavy atom. The van der Waals surface area contributed by atoms with Gasteiger partial charge in [-0.15, -0.1) is 0 Å². The number of methoxy groups -OCH3 is 1. The molecular weight excluding hydrogens is 380 g/mol. The number of aliphatic hydroxyl groups excluding tert-OH is 5. The predicted molar refractivity (Wildman–Crippen MR) is 91.2 cm³/mol. The largest absolute Gasteiger partial charge is 0.479 e. The second-order valence-corrected chi connectivity index (χ2v) is 7.19. The first kappa shape index (κ1) is 23.4. The lowest BCUT2D eigenvalue weighted by molar-refractivity contribution is -0.275. The highest BCUT2D eigenvalue weighted by Crippen LogP contribution is 2.29. The number of ether oxygens (including phenoxy) is 4. The molecule has 2 aliphatic heterocycles. The van der Waals surface area contributed by atoms with Gasteiger partial charge in [-0.25, -0.2) is 4.79 Å². The van der Waals surface area contributed by atoms with E-state index in [0.717, 1.165) is 0 Å². The molecule has 2 aliphatic rings. The van der Waals surface area contributed by atoms with Crippen molar-refractivity contribution in [1.82, 2.24) is 0 Å². The topological polar surface area (TPSA) is 175 Å². The summed E-state index contributed by atoms with van der Waals surface area (Å²) in [4.78, 5) is 11.5. The third-order valence-electron chi connectivity index (χ3n) is 5.37. The van der Waals surface area contributed by atoms with Crippen molar-refractivity contribution < 1.29 is 54.4 Å². The number of hydrogen-bond donors (Lipinski definition) is 6. The lowest BCUT2D eigenvalue weighted by atomic mass is 9.87. The minimum Gasteiger partial charge on any atom is -0.479 e. The molecule has 0 amide bonds. The van der Waals surface area contributed by atoms with E-state index in [1.165, 1.54) is 7.11 Å². The van der Waals surface area contributed by atoms with Crippen molar-refractivity contribution in [3.8, 4) is 0 Å². The lowest BCUT2D eigenvalue weighted by Gasteiger charge is -2.42. The molecular formula is C17H30O11. The molecule has 0 aromatic carbocycles. The highest BCUT2D eigenvalue weighted by molar-refractivity contribution is 5.73. The summed E-state index contributed by atoms with van der Waals surface area (Å²) in [5.74, 6) is -3.05. The molecule has 10 atom stereocenters. The molecule has 0 aromatic rings. The van der Waals surface area contributed by atoms with Crippen molar-refractivity contribution in [2.24, 2.45) is 11.8 Å². The molecule has 11 heteroatoms. The highest BCUT2D eigenvalue weighted by atomic mass is 16.6. The highest BCUT2D eigenvalue weighted by Gasteiger charge is 2.48. The van der Waals surface area contributed by atoms with E-state index >= 15 is 0 Å². The molecule has 2 fully saturated rings. The Morgan fingerprint density at radius 2 is 1.43 bits per heavy atom. The second-order valence-electron chi connectivity index (χ2n) is 7.19. The van der Waals surface area contributed by atoms with Gasteiger partial charge in [-0.05, 0) is 6.42 Å². The van der Waals surface area contributed by atoms with Crippen molar-refractivity contribution in [3.05, 3.63) is 0 Å². The summed E-state index contributed by atoms with van der Waals surface area (Å²) in [5.41, 5.74) is 0. The number of carbonyl (C=O) groups is 1. The number of rotatable bonds is 8. The molecule has 0 spiro atoms. The van der Waals surface area contributed by atoms with E-state index in [-0.39, 0.29) is 19.8 Å². The van der Waals surface area contributed by atoms with Gasteiger partial charge in [0.15, 0.2) is 12.4 Å². The summed E-state index contributed by atoms with van der Waals surface area (Å²) >= 11 is 0. The average Bonchev–Trinajstić information content (AvgIpc) is 2.65. The van der Waals surface area contributed by atoms with Crippen LogP contribution in [0.25, 0.3) is 0 Å². The molecule has 10 unspecified atom stereocenters. The Kier molecular flexibility index (Phi) is 8.55. The maximum Gasteiger partial charge on any atom is 0.333 e. The Hall–Kier alpha value is -0.890. The molecule has 0 aliphatic carbocycles. The summed E-state index contributed by atoms with van der Waals surface area (Å²) in [6, 6.07) is 0. The maximum atomic E-state index is 11.5. The minimum atomic E-state index is -1.44. The number of carboxylic acid groups (broad SMARTS) is 1. The maximum absolute atomic E-state index is 11.5. The number of carboxylic acids is 1. The van der Waals surface area contributed by atoms with E-state index in [9.17, 15) is 35.4 Å². The van der Waals surface area contributed by atoms with E-state index in [1.807, 2.05) is 0 Å². The second kappa shape index (κ2) is 10.2. The lowest BCUT2D eigenvalue weighted by Crippen LogP contribution is -2.59. The minimum absolute atomic E-state index is 0.0912. The number of aliphatic hydroxyl groups is 5. The van der Waals surface area contributed by atoms with Gasteiger partial charge in [0, 0.05) is 18.9 Å². The van der Waals surface area contributed by atoms with Gasteiger partial charge in [0.2, 0.25) is 0 Å². The van der Waals surface area contributed by atoms with Crippen LogP contribution in [0.4, 0.5) is 0 Å². The zero-order valence-electron chi connectivity index (χ0n) is 15.8. The van der Waals surface area contributed by atoms with Crippen molar-refractivity contribution in [2.45, 2.75) is 62.4 Å². The fraction of sp³-hybridized carbons (Fsp3) is 0.941. The first-order valence-corrected chi connectivity index (χ1v) is 9.23. The monoisotopic (exact) mass is 410 g/mol. The van der Waals surface area contributed by atoms with Gasteiger partial charge in [-0.1, -0.05) is 6.92 Å². The Bertz CT molecular complexity index is 503. The standard InChI is InChI=1S/C17H30O11/c1-3-7-11(18)14(21)10(28-17(7)24)6-26-4-8-12(19)13(20)9(5-25-2)27-15(8)16(22)23/h7-15,17-21,24H,3-6H2,1-2H3,(H,22,23). The van der Waals surface area contributed by atoms with Crippen LogP contribution in [0.5, 0.6) is 0 Å². The first-order chi connectivity index (χ1) is 13.2. The van der Waals surface area contributed by atoms with E-state index in [4.69, 9.17) is 18.9 Å². The third kappa shape index (κ3) is 4.99.